The van der Waals surface area contributed by atoms with Crippen LogP contribution in [0.25, 0.3) is 11.1 Å². The third-order valence-electron chi connectivity index (χ3n) is 10.4. The first-order valence-corrected chi connectivity index (χ1v) is 21.5. The molecule has 2 aliphatic heterocycles. The van der Waals surface area contributed by atoms with E-state index in [0.717, 1.165) is 22.4 Å². The maximum absolute atomic E-state index is 14.5. The Bertz CT molecular complexity index is 2450. The third-order valence-corrected chi connectivity index (χ3v) is 11.3. The van der Waals surface area contributed by atoms with Crippen LogP contribution < -0.4 is 32.3 Å². The van der Waals surface area contributed by atoms with E-state index in [0.29, 0.717) is 28.3 Å². The number of carboxylic acids is 1. The fraction of sp³-hybridized carbons (Fsp3) is 0.265. The van der Waals surface area contributed by atoms with Crippen molar-refractivity contribution >= 4 is 52.5 Å². The van der Waals surface area contributed by atoms with Crippen LogP contribution in [0.2, 0.25) is 0 Å². The van der Waals surface area contributed by atoms with Crippen molar-refractivity contribution in [1.29, 1.82) is 0 Å². The molecule has 0 saturated heterocycles. The van der Waals surface area contributed by atoms with Crippen LogP contribution in [-0.4, -0.2) is 70.8 Å². The van der Waals surface area contributed by atoms with Crippen molar-refractivity contribution in [3.8, 4) is 23.0 Å². The van der Waals surface area contributed by atoms with E-state index < -0.39 is 65.7 Å². The molecule has 14 heteroatoms. The summed E-state index contributed by atoms with van der Waals surface area (Å²) >= 11 is 1.37. The maximum Gasteiger partial charge on any atom is 0.326 e. The Morgan fingerprint density at radius 1 is 0.667 bits per heavy atom. The third kappa shape index (κ3) is 13.5. The molecule has 7 rings (SSSR count). The lowest BCUT2D eigenvalue weighted by Crippen LogP contribution is -2.59. The van der Waals surface area contributed by atoms with Crippen LogP contribution >= 0.6 is 11.3 Å². The van der Waals surface area contributed by atoms with Gasteiger partial charge in [0.05, 0.1) is 0 Å². The predicted octanol–water partition coefficient (Wildman–Crippen LogP) is 4.19. The van der Waals surface area contributed by atoms with Gasteiger partial charge in [-0.25, -0.2) is 4.79 Å². The summed E-state index contributed by atoms with van der Waals surface area (Å²) in [6, 6.07) is 28.1. The first-order valence-electron chi connectivity index (χ1n) is 20.7. The zero-order valence-electron chi connectivity index (χ0n) is 34.9. The Kier molecular flexibility index (Phi) is 15.6. The highest BCUT2D eigenvalue weighted by molar-refractivity contribution is 7.09. The smallest absolute Gasteiger partial charge is 0.326 e. The minimum Gasteiger partial charge on any atom is -0.480 e. The normalized spacial score (nSPS) is 20.1. The van der Waals surface area contributed by atoms with Crippen molar-refractivity contribution in [1.82, 2.24) is 21.3 Å². The van der Waals surface area contributed by atoms with Gasteiger partial charge >= 0.3 is 5.97 Å². The molecule has 8 N–H and O–H groups in total. The van der Waals surface area contributed by atoms with Gasteiger partial charge < -0.3 is 37.4 Å². The van der Waals surface area contributed by atoms with Gasteiger partial charge in [0.15, 0.2) is 0 Å². The zero-order chi connectivity index (χ0) is 44.9. The highest BCUT2D eigenvalue weighted by Gasteiger charge is 2.32. The van der Waals surface area contributed by atoms with Gasteiger partial charge in [-0.05, 0) is 75.2 Å². The molecule has 5 aromatic rings. The van der Waals surface area contributed by atoms with Gasteiger partial charge in [-0.3, -0.25) is 24.0 Å². The van der Waals surface area contributed by atoms with Crippen LogP contribution in [0.4, 0.5) is 5.69 Å². The number of hydrogen-bond acceptors (Lipinski definition) is 8. The Balaban J connectivity index is 1.35. The average molecular weight is 867 g/mol. The summed E-state index contributed by atoms with van der Waals surface area (Å²) in [6.07, 6.45) is 0.886. The lowest BCUT2D eigenvalue weighted by Gasteiger charge is -2.26. The SMILES string of the molecule is CC(C)Cc1ccc(-c2ccc(CC3NC(=O)C(Cc4cccs4)NC(=O)C#CC(N)C(=O)Nc4ccc(cc4)CC(C(=O)O)NC(=O)C(Cc4ccccc4)NC3=O)cc2)cc1. The van der Waals surface area contributed by atoms with Crippen molar-refractivity contribution in [3.63, 3.8) is 0 Å². The molecule has 0 radical (unpaired) electrons. The van der Waals surface area contributed by atoms with Crippen LogP contribution in [0, 0.1) is 17.8 Å². The number of fused-ring (bicyclic) bond motifs is 18. The molecule has 5 atom stereocenters. The van der Waals surface area contributed by atoms with E-state index in [9.17, 15) is 33.9 Å². The van der Waals surface area contributed by atoms with Gasteiger partial charge in [-0.1, -0.05) is 117 Å². The predicted molar refractivity (Wildman–Crippen MR) is 242 cm³/mol. The van der Waals surface area contributed by atoms with E-state index in [1.165, 1.54) is 29.0 Å². The summed E-state index contributed by atoms with van der Waals surface area (Å²) in [5.74, 6) is 0.215. The number of hydrogen-bond donors (Lipinski definition) is 7. The maximum atomic E-state index is 14.5. The second-order valence-corrected chi connectivity index (χ2v) is 16.9. The van der Waals surface area contributed by atoms with Gasteiger partial charge in [0.1, 0.15) is 30.2 Å². The van der Waals surface area contributed by atoms with Crippen molar-refractivity contribution in [2.24, 2.45) is 11.7 Å². The molecule has 324 valence electrons. The molecule has 0 aliphatic carbocycles. The molecular weight excluding hydrogens is 817 g/mol. The summed E-state index contributed by atoms with van der Waals surface area (Å²) in [6.45, 7) is 4.35. The molecule has 5 unspecified atom stereocenters. The molecule has 0 fully saturated rings. The first kappa shape index (κ1) is 45.4. The number of nitrogens with two attached hydrogens (primary N) is 1. The summed E-state index contributed by atoms with van der Waals surface area (Å²) in [4.78, 5) is 82.3. The van der Waals surface area contributed by atoms with Crippen LogP contribution in [0.15, 0.2) is 121 Å². The number of carboxylic acid groups (broad SMARTS) is 1. The van der Waals surface area contributed by atoms with E-state index in [-0.39, 0.29) is 25.7 Å². The van der Waals surface area contributed by atoms with Gasteiger partial charge in [0, 0.05) is 36.2 Å². The molecule has 2 aliphatic rings. The highest BCUT2D eigenvalue weighted by atomic mass is 32.1. The average Bonchev–Trinajstić information content (AvgIpc) is 3.79. The van der Waals surface area contributed by atoms with Crippen molar-refractivity contribution in [3.05, 3.63) is 148 Å². The molecule has 5 amide bonds. The summed E-state index contributed by atoms with van der Waals surface area (Å²) in [5, 5.41) is 25.5. The Hall–Kier alpha value is -7.08. The molecule has 0 spiro atoms. The van der Waals surface area contributed by atoms with Crippen molar-refractivity contribution in [2.45, 2.75) is 76.2 Å². The van der Waals surface area contributed by atoms with E-state index in [4.69, 9.17) is 5.73 Å². The van der Waals surface area contributed by atoms with Gasteiger partial charge in [0.2, 0.25) is 17.7 Å². The van der Waals surface area contributed by atoms with Gasteiger partial charge in [-0.15, -0.1) is 11.3 Å². The molecule has 63 heavy (non-hydrogen) atoms. The second kappa shape index (κ2) is 21.6. The van der Waals surface area contributed by atoms with Crippen LogP contribution in [0.3, 0.4) is 0 Å². The van der Waals surface area contributed by atoms with E-state index in [1.807, 2.05) is 29.6 Å². The highest BCUT2D eigenvalue weighted by Crippen LogP contribution is 2.22. The molecule has 13 nitrogen and oxygen atoms in total. The van der Waals surface area contributed by atoms with E-state index >= 15 is 0 Å². The fourth-order valence-electron chi connectivity index (χ4n) is 7.08. The minimum atomic E-state index is -1.42. The second-order valence-electron chi connectivity index (χ2n) is 15.9. The van der Waals surface area contributed by atoms with E-state index in [1.54, 1.807) is 54.6 Å². The van der Waals surface area contributed by atoms with Crippen LogP contribution in [0.5, 0.6) is 0 Å². The lowest BCUT2D eigenvalue weighted by atomic mass is 9.97. The van der Waals surface area contributed by atoms with Gasteiger partial charge in [0.25, 0.3) is 11.8 Å². The Labute approximate surface area is 370 Å². The molecule has 1 aromatic heterocycles. The number of nitrogens with one attached hydrogen (secondary N) is 5. The fourth-order valence-corrected chi connectivity index (χ4v) is 7.83. The van der Waals surface area contributed by atoms with Crippen molar-refractivity contribution in [2.75, 3.05) is 5.32 Å². The summed E-state index contributed by atoms with van der Waals surface area (Å²) < 4.78 is 0. The number of anilines is 1. The molecule has 2 bridgehead atoms. The Morgan fingerprint density at radius 3 is 1.78 bits per heavy atom. The zero-order valence-corrected chi connectivity index (χ0v) is 35.7. The van der Waals surface area contributed by atoms with Crippen molar-refractivity contribution < 1.29 is 33.9 Å². The van der Waals surface area contributed by atoms with Gasteiger partial charge in [-0.2, -0.15) is 0 Å². The standard InChI is InChI=1S/C49H50N6O7S/c1-30(2)25-32-10-16-35(17-11-32)36-18-12-33(13-19-36)27-41-46(58)53-40(26-31-7-4-3-5-8-31)47(59)55-43(49(61)62)28-34-14-20-37(21-15-34)51-45(57)39(50)22-23-44(56)52-42(48(60)54-41)29-38-9-6-24-63-38/h3-21,24,30,39-43H,25-29,50H2,1-2H3,(H,51,57)(H,52,56)(H,53,58)(H,54,60)(H,55,59)(H,61,62). The number of aliphatic carboxylic acids is 1. The molecular formula is C49H50N6O7S. The number of amides is 5. The number of carbonyl (C=O) groups is 6. The lowest BCUT2D eigenvalue weighted by molar-refractivity contribution is -0.142. The van der Waals surface area contributed by atoms with E-state index in [2.05, 4.69) is 76.5 Å². The quantitative estimate of drug-likeness (QED) is 0.0798. The Morgan fingerprint density at radius 2 is 1.22 bits per heavy atom. The molecule has 0 saturated carbocycles. The molecule has 3 heterocycles. The monoisotopic (exact) mass is 866 g/mol. The van der Waals surface area contributed by atoms with Crippen LogP contribution in [0.1, 0.15) is 41.0 Å². The number of thiophene rings is 1. The van der Waals surface area contributed by atoms with Crippen LogP contribution in [-0.2, 0) is 60.9 Å². The topological polar surface area (TPSA) is 209 Å². The minimum absolute atomic E-state index is 0.00232. The number of carbonyl (C=O) groups excluding carboxylic acids is 5. The summed E-state index contributed by atoms with van der Waals surface area (Å²) in [5.41, 5.74) is 11.4. The first-order chi connectivity index (χ1) is 30.3. The number of benzene rings is 4. The molecule has 4 aromatic carbocycles. The summed E-state index contributed by atoms with van der Waals surface area (Å²) in [7, 11) is 0. The number of rotatable bonds is 10. The largest absolute Gasteiger partial charge is 0.480 e.